The molecule has 2 aromatic heterocycles. The highest BCUT2D eigenvalue weighted by Gasteiger charge is 2.06. The zero-order valence-corrected chi connectivity index (χ0v) is 8.27. The van der Waals surface area contributed by atoms with Gasteiger partial charge >= 0.3 is 0 Å². The lowest BCUT2D eigenvalue weighted by Gasteiger charge is -2.02. The Morgan fingerprint density at radius 2 is 2.31 bits per heavy atom. The SMILES string of the molecule is O=C(NCc1ncc[nH]1)c1ccnc(F)c1. The molecule has 2 rings (SSSR count). The molecule has 0 bridgehead atoms. The molecule has 2 heterocycles. The van der Waals surface area contributed by atoms with E-state index in [1.165, 1.54) is 12.3 Å². The van der Waals surface area contributed by atoms with E-state index in [1.807, 2.05) is 0 Å². The zero-order chi connectivity index (χ0) is 11.4. The van der Waals surface area contributed by atoms with Gasteiger partial charge in [-0.1, -0.05) is 0 Å². The van der Waals surface area contributed by atoms with E-state index in [-0.39, 0.29) is 18.0 Å². The number of aromatic nitrogens is 3. The van der Waals surface area contributed by atoms with Crippen LogP contribution in [0.2, 0.25) is 0 Å². The van der Waals surface area contributed by atoms with Crippen LogP contribution in [0.1, 0.15) is 16.2 Å². The van der Waals surface area contributed by atoms with Gasteiger partial charge in [0.1, 0.15) is 5.82 Å². The number of H-pyrrole nitrogens is 1. The van der Waals surface area contributed by atoms with Crippen molar-refractivity contribution in [2.24, 2.45) is 0 Å². The van der Waals surface area contributed by atoms with E-state index in [4.69, 9.17) is 0 Å². The first-order valence-corrected chi connectivity index (χ1v) is 4.64. The van der Waals surface area contributed by atoms with Crippen molar-refractivity contribution < 1.29 is 9.18 Å². The maximum Gasteiger partial charge on any atom is 0.251 e. The second-order valence-electron chi connectivity index (χ2n) is 3.09. The molecule has 0 unspecified atom stereocenters. The molecule has 6 heteroatoms. The molecule has 0 fully saturated rings. The number of nitrogens with one attached hydrogen (secondary N) is 2. The van der Waals surface area contributed by atoms with Crippen molar-refractivity contribution in [3.05, 3.63) is 48.1 Å². The van der Waals surface area contributed by atoms with Crippen LogP contribution in [0.5, 0.6) is 0 Å². The lowest BCUT2D eigenvalue weighted by molar-refractivity contribution is 0.0949. The third-order valence-electron chi connectivity index (χ3n) is 1.96. The molecule has 0 atom stereocenters. The molecule has 0 aromatic carbocycles. The van der Waals surface area contributed by atoms with Gasteiger partial charge in [-0.3, -0.25) is 4.79 Å². The molecule has 16 heavy (non-hydrogen) atoms. The zero-order valence-electron chi connectivity index (χ0n) is 8.27. The minimum Gasteiger partial charge on any atom is -0.347 e. The third-order valence-corrected chi connectivity index (χ3v) is 1.96. The predicted molar refractivity (Wildman–Crippen MR) is 54.0 cm³/mol. The maximum absolute atomic E-state index is 12.7. The van der Waals surface area contributed by atoms with Crippen molar-refractivity contribution in [1.82, 2.24) is 20.3 Å². The summed E-state index contributed by atoms with van der Waals surface area (Å²) in [4.78, 5) is 21.7. The molecule has 82 valence electrons. The molecular formula is C10H9FN4O. The van der Waals surface area contributed by atoms with Gasteiger partial charge < -0.3 is 10.3 Å². The topological polar surface area (TPSA) is 70.7 Å². The number of halogens is 1. The average molecular weight is 220 g/mol. The fraction of sp³-hybridized carbons (Fsp3) is 0.100. The highest BCUT2D eigenvalue weighted by molar-refractivity contribution is 5.93. The van der Waals surface area contributed by atoms with Crippen LogP contribution in [0.15, 0.2) is 30.7 Å². The van der Waals surface area contributed by atoms with E-state index in [1.54, 1.807) is 12.4 Å². The molecule has 0 aliphatic rings. The number of amides is 1. The van der Waals surface area contributed by atoms with Gasteiger partial charge in [-0.25, -0.2) is 9.97 Å². The summed E-state index contributed by atoms with van der Waals surface area (Å²) >= 11 is 0. The summed E-state index contributed by atoms with van der Waals surface area (Å²) in [5, 5.41) is 2.60. The monoisotopic (exact) mass is 220 g/mol. The van der Waals surface area contributed by atoms with Gasteiger partial charge in [0.25, 0.3) is 5.91 Å². The standard InChI is InChI=1S/C10H9FN4O/c11-8-5-7(1-2-12-8)10(16)15-6-9-13-3-4-14-9/h1-5H,6H2,(H,13,14)(H,15,16). The summed E-state index contributed by atoms with van der Waals surface area (Å²) in [5.41, 5.74) is 0.235. The fourth-order valence-corrected chi connectivity index (χ4v) is 1.20. The summed E-state index contributed by atoms with van der Waals surface area (Å²) in [6.45, 7) is 0.274. The van der Waals surface area contributed by atoms with Crippen molar-refractivity contribution in [1.29, 1.82) is 0 Å². The van der Waals surface area contributed by atoms with Crippen LogP contribution < -0.4 is 5.32 Å². The Morgan fingerprint density at radius 3 is 3.00 bits per heavy atom. The van der Waals surface area contributed by atoms with Crippen molar-refractivity contribution >= 4 is 5.91 Å². The summed E-state index contributed by atoms with van der Waals surface area (Å²) in [7, 11) is 0. The third kappa shape index (κ3) is 2.41. The van der Waals surface area contributed by atoms with Gasteiger partial charge in [0.05, 0.1) is 6.54 Å². The number of hydrogen-bond acceptors (Lipinski definition) is 3. The highest BCUT2D eigenvalue weighted by atomic mass is 19.1. The largest absolute Gasteiger partial charge is 0.347 e. The normalized spacial score (nSPS) is 10.1. The number of nitrogens with zero attached hydrogens (tertiary/aromatic N) is 2. The Labute approximate surface area is 90.7 Å². The van der Waals surface area contributed by atoms with Crippen LogP contribution in [-0.4, -0.2) is 20.9 Å². The molecule has 0 saturated heterocycles. The number of rotatable bonds is 3. The molecule has 0 radical (unpaired) electrons. The summed E-state index contributed by atoms with van der Waals surface area (Å²) in [6, 6.07) is 2.53. The smallest absolute Gasteiger partial charge is 0.251 e. The molecule has 5 nitrogen and oxygen atoms in total. The van der Waals surface area contributed by atoms with Crippen LogP contribution in [0.3, 0.4) is 0 Å². The van der Waals surface area contributed by atoms with Crippen LogP contribution in [0.4, 0.5) is 4.39 Å². The molecule has 1 amide bonds. The van der Waals surface area contributed by atoms with Gasteiger partial charge in [-0.2, -0.15) is 4.39 Å². The van der Waals surface area contributed by atoms with E-state index >= 15 is 0 Å². The van der Waals surface area contributed by atoms with Gasteiger partial charge in [0.15, 0.2) is 0 Å². The lowest BCUT2D eigenvalue weighted by Crippen LogP contribution is -2.23. The fourth-order valence-electron chi connectivity index (χ4n) is 1.20. The summed E-state index contributed by atoms with van der Waals surface area (Å²) in [5.74, 6) is -0.397. The Balaban J connectivity index is 1.98. The second kappa shape index (κ2) is 4.52. The van der Waals surface area contributed by atoms with Crippen LogP contribution in [-0.2, 0) is 6.54 Å². The maximum atomic E-state index is 12.7. The van der Waals surface area contributed by atoms with E-state index < -0.39 is 5.95 Å². The number of imidazole rings is 1. The Kier molecular flexibility index (Phi) is 2.90. The first kappa shape index (κ1) is 10.3. The number of pyridine rings is 1. The van der Waals surface area contributed by atoms with E-state index in [0.717, 1.165) is 6.07 Å². The number of carbonyl (C=O) groups excluding carboxylic acids is 1. The molecule has 0 aliphatic heterocycles. The van der Waals surface area contributed by atoms with Crippen LogP contribution in [0, 0.1) is 5.95 Å². The van der Waals surface area contributed by atoms with Crippen molar-refractivity contribution in [2.75, 3.05) is 0 Å². The highest BCUT2D eigenvalue weighted by Crippen LogP contribution is 2.00. The summed E-state index contributed by atoms with van der Waals surface area (Å²) < 4.78 is 12.7. The Hall–Kier alpha value is -2.24. The molecule has 2 N–H and O–H groups in total. The van der Waals surface area contributed by atoms with Gasteiger partial charge in [0, 0.05) is 30.2 Å². The van der Waals surface area contributed by atoms with E-state index in [0.29, 0.717) is 5.82 Å². The van der Waals surface area contributed by atoms with E-state index in [2.05, 4.69) is 20.3 Å². The second-order valence-corrected chi connectivity index (χ2v) is 3.09. The first-order valence-electron chi connectivity index (χ1n) is 4.64. The van der Waals surface area contributed by atoms with Gasteiger partial charge in [-0.05, 0) is 6.07 Å². The Morgan fingerprint density at radius 1 is 1.44 bits per heavy atom. The quantitative estimate of drug-likeness (QED) is 0.754. The average Bonchev–Trinajstić information content (AvgIpc) is 2.78. The molecular weight excluding hydrogens is 211 g/mol. The van der Waals surface area contributed by atoms with Gasteiger partial charge in [-0.15, -0.1) is 0 Å². The molecule has 0 aliphatic carbocycles. The van der Waals surface area contributed by atoms with Gasteiger partial charge in [0.2, 0.25) is 5.95 Å². The number of aromatic amines is 1. The number of hydrogen-bond donors (Lipinski definition) is 2. The van der Waals surface area contributed by atoms with Crippen molar-refractivity contribution in [3.63, 3.8) is 0 Å². The predicted octanol–water partition coefficient (Wildman–Crippen LogP) is 0.874. The number of carbonyl (C=O) groups is 1. The lowest BCUT2D eigenvalue weighted by atomic mass is 10.2. The van der Waals surface area contributed by atoms with Crippen molar-refractivity contribution in [3.8, 4) is 0 Å². The molecule has 0 saturated carbocycles. The minimum atomic E-state index is -0.675. The molecule has 2 aromatic rings. The minimum absolute atomic E-state index is 0.235. The van der Waals surface area contributed by atoms with Crippen molar-refractivity contribution in [2.45, 2.75) is 6.54 Å². The first-order chi connectivity index (χ1) is 7.75. The van der Waals surface area contributed by atoms with Crippen LogP contribution >= 0.6 is 0 Å². The molecule has 0 spiro atoms. The van der Waals surface area contributed by atoms with Crippen LogP contribution in [0.25, 0.3) is 0 Å². The summed E-state index contributed by atoms with van der Waals surface area (Å²) in [6.07, 6.45) is 4.50. The Bertz CT molecular complexity index is 483. The van der Waals surface area contributed by atoms with E-state index in [9.17, 15) is 9.18 Å².